The molecule has 0 radical (unpaired) electrons. The molecule has 1 aromatic rings. The number of pyridine rings is 1. The summed E-state index contributed by atoms with van der Waals surface area (Å²) in [6, 6.07) is 3.86. The van der Waals surface area contributed by atoms with Crippen LogP contribution in [0.4, 0.5) is 0 Å². The molecule has 0 amide bonds. The molecular weight excluding hydrogens is 138 g/mol. The zero-order valence-corrected chi connectivity index (χ0v) is 6.49. The van der Waals surface area contributed by atoms with Crippen LogP contribution in [0.3, 0.4) is 0 Å². The molecule has 0 aliphatic rings. The van der Waals surface area contributed by atoms with Gasteiger partial charge in [-0.15, -0.1) is 0 Å². The van der Waals surface area contributed by atoms with Gasteiger partial charge in [-0.05, 0) is 17.7 Å². The minimum Gasteiger partial charge on any atom is -0.387 e. The minimum atomic E-state index is 0.649. The van der Waals surface area contributed by atoms with Crippen molar-refractivity contribution in [3.63, 3.8) is 0 Å². The zero-order chi connectivity index (χ0) is 8.10. The number of nitrogens with zero attached hydrogens (tertiary/aromatic N) is 2. The van der Waals surface area contributed by atoms with Crippen LogP contribution in [-0.2, 0) is 6.42 Å². The van der Waals surface area contributed by atoms with Crippen LogP contribution >= 0.6 is 0 Å². The Morgan fingerprint density at radius 3 is 2.73 bits per heavy atom. The lowest BCUT2D eigenvalue weighted by atomic mass is 10.2. The van der Waals surface area contributed by atoms with Crippen molar-refractivity contribution in [2.45, 2.75) is 6.42 Å². The van der Waals surface area contributed by atoms with E-state index in [0.29, 0.717) is 12.3 Å². The first kappa shape index (κ1) is 7.72. The fourth-order valence-corrected chi connectivity index (χ4v) is 0.789. The molecule has 0 saturated carbocycles. The van der Waals surface area contributed by atoms with Crippen LogP contribution in [0.2, 0.25) is 0 Å². The van der Waals surface area contributed by atoms with Crippen LogP contribution < -0.4 is 5.73 Å². The summed E-state index contributed by atoms with van der Waals surface area (Å²) in [6.45, 7) is 0. The number of hydrogen-bond acceptors (Lipinski definition) is 2. The first-order chi connectivity index (χ1) is 5.33. The lowest BCUT2D eigenvalue weighted by Crippen LogP contribution is -2.14. The van der Waals surface area contributed by atoms with Crippen molar-refractivity contribution in [3.8, 4) is 0 Å². The lowest BCUT2D eigenvalue weighted by molar-refractivity contribution is 1.21. The molecule has 0 atom stereocenters. The average Bonchev–Trinajstić information content (AvgIpc) is 2.06. The maximum atomic E-state index is 5.53. The monoisotopic (exact) mass is 149 g/mol. The van der Waals surface area contributed by atoms with Crippen molar-refractivity contribution in [3.05, 3.63) is 30.1 Å². The van der Waals surface area contributed by atoms with Crippen molar-refractivity contribution in [2.24, 2.45) is 10.7 Å². The minimum absolute atomic E-state index is 0.649. The molecule has 1 rings (SSSR count). The standard InChI is InChI=1S/C8H11N3/c1-10-8(9)6-7-2-4-11-5-3-7/h2-5H,6H2,1H3,(H2,9,10). The second-order valence-electron chi connectivity index (χ2n) is 2.25. The van der Waals surface area contributed by atoms with E-state index in [-0.39, 0.29) is 0 Å². The quantitative estimate of drug-likeness (QED) is 0.494. The SMILES string of the molecule is CN=C(N)Cc1ccncc1. The van der Waals surface area contributed by atoms with Crippen LogP contribution in [0.1, 0.15) is 5.56 Å². The maximum Gasteiger partial charge on any atom is 0.0978 e. The molecule has 3 heteroatoms. The van der Waals surface area contributed by atoms with Crippen molar-refractivity contribution in [1.82, 2.24) is 4.98 Å². The molecule has 0 unspecified atom stereocenters. The largest absolute Gasteiger partial charge is 0.387 e. The Hall–Kier alpha value is -1.38. The number of nitrogens with two attached hydrogens (primary N) is 1. The van der Waals surface area contributed by atoms with Crippen LogP contribution in [0.5, 0.6) is 0 Å². The van der Waals surface area contributed by atoms with Gasteiger partial charge in [-0.2, -0.15) is 0 Å². The summed E-state index contributed by atoms with van der Waals surface area (Å²) >= 11 is 0. The Balaban J connectivity index is 2.65. The Bertz CT molecular complexity index is 241. The Morgan fingerprint density at radius 1 is 1.55 bits per heavy atom. The molecule has 0 fully saturated rings. The van der Waals surface area contributed by atoms with Gasteiger partial charge in [0.1, 0.15) is 0 Å². The molecule has 11 heavy (non-hydrogen) atoms. The van der Waals surface area contributed by atoms with E-state index < -0.39 is 0 Å². The van der Waals surface area contributed by atoms with Gasteiger partial charge in [0.25, 0.3) is 0 Å². The molecule has 58 valence electrons. The van der Waals surface area contributed by atoms with E-state index in [9.17, 15) is 0 Å². The third-order valence-electron chi connectivity index (χ3n) is 1.42. The number of aromatic nitrogens is 1. The fourth-order valence-electron chi connectivity index (χ4n) is 0.789. The van der Waals surface area contributed by atoms with Crippen molar-refractivity contribution < 1.29 is 0 Å². The highest BCUT2D eigenvalue weighted by Crippen LogP contribution is 1.96. The van der Waals surface area contributed by atoms with Crippen LogP contribution in [0, 0.1) is 0 Å². The van der Waals surface area contributed by atoms with E-state index in [1.165, 1.54) is 0 Å². The molecule has 0 aromatic carbocycles. The van der Waals surface area contributed by atoms with Crippen molar-refractivity contribution >= 4 is 5.84 Å². The van der Waals surface area contributed by atoms with Gasteiger partial charge in [0, 0.05) is 25.9 Å². The van der Waals surface area contributed by atoms with Crippen LogP contribution in [0.25, 0.3) is 0 Å². The summed E-state index contributed by atoms with van der Waals surface area (Å²) in [5, 5.41) is 0. The highest BCUT2D eigenvalue weighted by Gasteiger charge is 1.92. The van der Waals surface area contributed by atoms with E-state index in [2.05, 4.69) is 9.98 Å². The maximum absolute atomic E-state index is 5.53. The predicted molar refractivity (Wildman–Crippen MR) is 45.5 cm³/mol. The van der Waals surface area contributed by atoms with E-state index in [4.69, 9.17) is 5.73 Å². The van der Waals surface area contributed by atoms with Gasteiger partial charge in [-0.25, -0.2) is 0 Å². The van der Waals surface area contributed by atoms with Gasteiger partial charge >= 0.3 is 0 Å². The van der Waals surface area contributed by atoms with E-state index in [0.717, 1.165) is 5.56 Å². The fraction of sp³-hybridized carbons (Fsp3) is 0.250. The number of rotatable bonds is 2. The van der Waals surface area contributed by atoms with Crippen LogP contribution in [-0.4, -0.2) is 17.9 Å². The highest BCUT2D eigenvalue weighted by atomic mass is 14.8. The van der Waals surface area contributed by atoms with Crippen molar-refractivity contribution in [1.29, 1.82) is 0 Å². The van der Waals surface area contributed by atoms with Gasteiger partial charge in [0.2, 0.25) is 0 Å². The van der Waals surface area contributed by atoms with E-state index in [1.54, 1.807) is 19.4 Å². The summed E-state index contributed by atoms with van der Waals surface area (Å²) in [5.74, 6) is 0.649. The molecule has 1 heterocycles. The van der Waals surface area contributed by atoms with Crippen molar-refractivity contribution in [2.75, 3.05) is 7.05 Å². The van der Waals surface area contributed by atoms with Crippen LogP contribution in [0.15, 0.2) is 29.5 Å². The second-order valence-corrected chi connectivity index (χ2v) is 2.25. The molecule has 0 aliphatic carbocycles. The van der Waals surface area contributed by atoms with Gasteiger partial charge in [0.15, 0.2) is 0 Å². The molecule has 2 N–H and O–H groups in total. The first-order valence-corrected chi connectivity index (χ1v) is 3.43. The van der Waals surface area contributed by atoms with Gasteiger partial charge < -0.3 is 5.73 Å². The molecular formula is C8H11N3. The summed E-state index contributed by atoms with van der Waals surface area (Å²) in [4.78, 5) is 7.76. The Kier molecular flexibility index (Phi) is 2.60. The highest BCUT2D eigenvalue weighted by molar-refractivity contribution is 5.82. The molecule has 1 aromatic heterocycles. The molecule has 0 bridgehead atoms. The second kappa shape index (κ2) is 3.71. The third kappa shape index (κ3) is 2.37. The van der Waals surface area contributed by atoms with E-state index in [1.807, 2.05) is 12.1 Å². The van der Waals surface area contributed by atoms with Gasteiger partial charge in [-0.1, -0.05) is 0 Å². The number of hydrogen-bond donors (Lipinski definition) is 1. The Morgan fingerprint density at radius 2 is 2.18 bits per heavy atom. The summed E-state index contributed by atoms with van der Waals surface area (Å²) in [7, 11) is 1.69. The lowest BCUT2D eigenvalue weighted by Gasteiger charge is -1.97. The number of aliphatic imine (C=N–C) groups is 1. The predicted octanol–water partition coefficient (Wildman–Crippen LogP) is 0.611. The van der Waals surface area contributed by atoms with Gasteiger partial charge in [-0.3, -0.25) is 9.98 Å². The van der Waals surface area contributed by atoms with Gasteiger partial charge in [0.05, 0.1) is 5.84 Å². The van der Waals surface area contributed by atoms with E-state index >= 15 is 0 Å². The first-order valence-electron chi connectivity index (χ1n) is 3.43. The smallest absolute Gasteiger partial charge is 0.0978 e. The molecule has 0 spiro atoms. The summed E-state index contributed by atoms with van der Waals surface area (Å²) in [6.07, 6.45) is 4.20. The summed E-state index contributed by atoms with van der Waals surface area (Å²) in [5.41, 5.74) is 6.68. The normalized spacial score (nSPS) is 11.5. The zero-order valence-electron chi connectivity index (χ0n) is 6.49. The third-order valence-corrected chi connectivity index (χ3v) is 1.42. The average molecular weight is 149 g/mol. The number of amidine groups is 1. The molecule has 0 saturated heterocycles. The molecule has 0 aliphatic heterocycles. The Labute approximate surface area is 66.0 Å². The topological polar surface area (TPSA) is 51.3 Å². The molecule has 3 nitrogen and oxygen atoms in total. The summed E-state index contributed by atoms with van der Waals surface area (Å²) < 4.78 is 0.